The van der Waals surface area contributed by atoms with E-state index in [4.69, 9.17) is 0 Å². The van der Waals surface area contributed by atoms with Crippen LogP contribution in [0.5, 0.6) is 0 Å². The number of hydrogen-bond acceptors (Lipinski definition) is 4. The Labute approximate surface area is 125 Å². The van der Waals surface area contributed by atoms with Crippen LogP contribution < -0.4 is 16.0 Å². The number of carbonyl (C=O) groups excluding carboxylic acids is 2. The van der Waals surface area contributed by atoms with Crippen LogP contribution in [0.25, 0.3) is 0 Å². The zero-order chi connectivity index (χ0) is 15.7. The molecule has 0 atom stereocenters. The van der Waals surface area contributed by atoms with E-state index in [1.54, 1.807) is 12.1 Å². The molecule has 3 N–H and O–H groups in total. The molecule has 2 amide bonds. The van der Waals surface area contributed by atoms with Crippen molar-refractivity contribution in [1.82, 2.24) is 15.6 Å². The Morgan fingerprint density at radius 3 is 2.57 bits per heavy atom. The van der Waals surface area contributed by atoms with Crippen molar-refractivity contribution in [2.24, 2.45) is 5.92 Å². The summed E-state index contributed by atoms with van der Waals surface area (Å²) in [6.07, 6.45) is 2.51. The largest absolute Gasteiger partial charge is 0.370 e. The van der Waals surface area contributed by atoms with Gasteiger partial charge in [-0.25, -0.2) is 4.98 Å². The summed E-state index contributed by atoms with van der Waals surface area (Å²) in [5.41, 5.74) is 0.439. The fourth-order valence-electron chi connectivity index (χ4n) is 1.53. The zero-order valence-electron chi connectivity index (χ0n) is 12.9. The molecule has 1 aromatic rings. The Morgan fingerprint density at radius 2 is 2.00 bits per heavy atom. The standard InChI is InChI=1S/C15H24N4O2/c1-4-7-16-13-6-5-12(9-17-13)15(21)19-10-14(20)18-8-11(2)3/h5-6,9,11H,4,7-8,10H2,1-3H3,(H,16,17)(H,18,20)(H,19,21). The molecule has 0 aliphatic rings. The fourth-order valence-corrected chi connectivity index (χ4v) is 1.53. The molecule has 0 saturated heterocycles. The third kappa shape index (κ3) is 6.74. The Morgan fingerprint density at radius 1 is 1.24 bits per heavy atom. The molecule has 0 bridgehead atoms. The van der Waals surface area contributed by atoms with Crippen LogP contribution >= 0.6 is 0 Å². The molecule has 21 heavy (non-hydrogen) atoms. The number of nitrogens with zero attached hydrogens (tertiary/aromatic N) is 1. The average Bonchev–Trinajstić information content (AvgIpc) is 2.49. The maximum absolute atomic E-state index is 11.9. The molecule has 1 rings (SSSR count). The first-order valence-electron chi connectivity index (χ1n) is 7.27. The lowest BCUT2D eigenvalue weighted by Crippen LogP contribution is -2.38. The molecular weight excluding hydrogens is 268 g/mol. The van der Waals surface area contributed by atoms with Crippen molar-refractivity contribution in [3.63, 3.8) is 0 Å². The minimum atomic E-state index is -0.302. The van der Waals surface area contributed by atoms with Crippen molar-refractivity contribution in [2.45, 2.75) is 27.2 Å². The number of aromatic nitrogens is 1. The molecule has 116 valence electrons. The SMILES string of the molecule is CCCNc1ccc(C(=O)NCC(=O)NCC(C)C)cn1. The predicted octanol–water partition coefficient (Wildman–Crippen LogP) is 1.41. The Balaban J connectivity index is 2.39. The van der Waals surface area contributed by atoms with E-state index in [9.17, 15) is 9.59 Å². The molecule has 0 saturated carbocycles. The van der Waals surface area contributed by atoms with E-state index in [0.29, 0.717) is 18.0 Å². The second kappa shape index (κ2) is 8.94. The molecule has 6 nitrogen and oxygen atoms in total. The summed E-state index contributed by atoms with van der Waals surface area (Å²) < 4.78 is 0. The van der Waals surface area contributed by atoms with Gasteiger partial charge in [0.1, 0.15) is 5.82 Å². The zero-order valence-corrected chi connectivity index (χ0v) is 12.9. The first-order chi connectivity index (χ1) is 10.0. The fraction of sp³-hybridized carbons (Fsp3) is 0.533. The van der Waals surface area contributed by atoms with E-state index in [-0.39, 0.29) is 18.4 Å². The van der Waals surface area contributed by atoms with Crippen LogP contribution in [0.1, 0.15) is 37.6 Å². The first-order valence-corrected chi connectivity index (χ1v) is 7.27. The summed E-state index contributed by atoms with van der Waals surface area (Å²) in [5, 5.41) is 8.45. The van der Waals surface area contributed by atoms with E-state index >= 15 is 0 Å². The minimum absolute atomic E-state index is 0.0264. The van der Waals surface area contributed by atoms with Crippen LogP contribution in [0.4, 0.5) is 5.82 Å². The molecule has 0 radical (unpaired) electrons. The van der Waals surface area contributed by atoms with Gasteiger partial charge in [-0.15, -0.1) is 0 Å². The van der Waals surface area contributed by atoms with Gasteiger partial charge in [0.15, 0.2) is 0 Å². The van der Waals surface area contributed by atoms with E-state index in [1.165, 1.54) is 6.20 Å². The van der Waals surface area contributed by atoms with Gasteiger partial charge >= 0.3 is 0 Å². The number of anilines is 1. The molecule has 0 aromatic carbocycles. The van der Waals surface area contributed by atoms with E-state index in [1.807, 2.05) is 13.8 Å². The maximum atomic E-state index is 11.9. The van der Waals surface area contributed by atoms with Gasteiger partial charge in [-0.05, 0) is 24.5 Å². The van der Waals surface area contributed by atoms with E-state index in [0.717, 1.165) is 18.8 Å². The number of carbonyl (C=O) groups is 2. The van der Waals surface area contributed by atoms with Gasteiger partial charge in [0.05, 0.1) is 12.1 Å². The van der Waals surface area contributed by atoms with Crippen molar-refractivity contribution < 1.29 is 9.59 Å². The number of pyridine rings is 1. The number of rotatable bonds is 8. The Kier molecular flexibility index (Phi) is 7.21. The number of hydrogen-bond donors (Lipinski definition) is 3. The van der Waals surface area contributed by atoms with Gasteiger partial charge in [0.2, 0.25) is 5.91 Å². The van der Waals surface area contributed by atoms with Crippen LogP contribution in [0, 0.1) is 5.92 Å². The van der Waals surface area contributed by atoms with E-state index in [2.05, 4.69) is 27.9 Å². The minimum Gasteiger partial charge on any atom is -0.370 e. The number of nitrogens with one attached hydrogen (secondary N) is 3. The summed E-state index contributed by atoms with van der Waals surface area (Å²) in [6, 6.07) is 3.44. The van der Waals surface area contributed by atoms with Crippen LogP contribution in [-0.2, 0) is 4.79 Å². The summed E-state index contributed by atoms with van der Waals surface area (Å²) in [6.45, 7) is 7.51. The van der Waals surface area contributed by atoms with Crippen molar-refractivity contribution >= 4 is 17.6 Å². The highest BCUT2D eigenvalue weighted by Gasteiger charge is 2.08. The molecule has 6 heteroatoms. The van der Waals surface area contributed by atoms with Crippen molar-refractivity contribution in [1.29, 1.82) is 0 Å². The monoisotopic (exact) mass is 292 g/mol. The van der Waals surface area contributed by atoms with Crippen molar-refractivity contribution in [2.75, 3.05) is 25.0 Å². The van der Waals surface area contributed by atoms with Crippen LogP contribution in [0.15, 0.2) is 18.3 Å². The molecule has 0 spiro atoms. The Bertz CT molecular complexity index is 457. The Hall–Kier alpha value is -2.11. The quantitative estimate of drug-likeness (QED) is 0.676. The molecule has 0 aliphatic heterocycles. The van der Waals surface area contributed by atoms with Gasteiger partial charge in [-0.3, -0.25) is 9.59 Å². The maximum Gasteiger partial charge on any atom is 0.253 e. The second-order valence-corrected chi connectivity index (χ2v) is 5.24. The van der Waals surface area contributed by atoms with Crippen molar-refractivity contribution in [3.05, 3.63) is 23.9 Å². The lowest BCUT2D eigenvalue weighted by molar-refractivity contribution is -0.120. The molecule has 0 unspecified atom stereocenters. The lowest BCUT2D eigenvalue weighted by Gasteiger charge is -2.09. The third-order valence-electron chi connectivity index (χ3n) is 2.70. The van der Waals surface area contributed by atoms with Crippen molar-refractivity contribution in [3.8, 4) is 0 Å². The highest BCUT2D eigenvalue weighted by molar-refractivity contribution is 5.96. The molecular formula is C15H24N4O2. The topological polar surface area (TPSA) is 83.1 Å². The third-order valence-corrected chi connectivity index (χ3v) is 2.70. The number of amides is 2. The van der Waals surface area contributed by atoms with Crippen LogP contribution in [0.2, 0.25) is 0 Å². The highest BCUT2D eigenvalue weighted by Crippen LogP contribution is 2.04. The molecule has 1 aromatic heterocycles. The molecule has 1 heterocycles. The first kappa shape index (κ1) is 16.9. The van der Waals surface area contributed by atoms with E-state index < -0.39 is 0 Å². The van der Waals surface area contributed by atoms with Gasteiger partial charge < -0.3 is 16.0 Å². The predicted molar refractivity (Wildman–Crippen MR) is 83.2 cm³/mol. The average molecular weight is 292 g/mol. The lowest BCUT2D eigenvalue weighted by atomic mass is 10.2. The van der Waals surface area contributed by atoms with Gasteiger partial charge in [0.25, 0.3) is 5.91 Å². The smallest absolute Gasteiger partial charge is 0.253 e. The summed E-state index contributed by atoms with van der Waals surface area (Å²) >= 11 is 0. The van der Waals surface area contributed by atoms with Gasteiger partial charge in [-0.1, -0.05) is 20.8 Å². The highest BCUT2D eigenvalue weighted by atomic mass is 16.2. The van der Waals surface area contributed by atoms with Crippen LogP contribution in [-0.4, -0.2) is 36.4 Å². The van der Waals surface area contributed by atoms with Gasteiger partial charge in [-0.2, -0.15) is 0 Å². The molecule has 0 fully saturated rings. The molecule has 0 aliphatic carbocycles. The van der Waals surface area contributed by atoms with Crippen LogP contribution in [0.3, 0.4) is 0 Å². The summed E-state index contributed by atoms with van der Waals surface area (Å²) in [4.78, 5) is 27.5. The second-order valence-electron chi connectivity index (χ2n) is 5.24. The van der Waals surface area contributed by atoms with Gasteiger partial charge in [0, 0.05) is 19.3 Å². The summed E-state index contributed by atoms with van der Waals surface area (Å²) in [7, 11) is 0. The normalized spacial score (nSPS) is 10.3. The summed E-state index contributed by atoms with van der Waals surface area (Å²) in [5.74, 6) is 0.635.